The monoisotopic (exact) mass is 184 g/mol. The van der Waals surface area contributed by atoms with Crippen LogP contribution in [0.15, 0.2) is 0 Å². The number of nitrogens with one attached hydrogen (secondary N) is 2. The van der Waals surface area contributed by atoms with Gasteiger partial charge in [-0.05, 0) is 6.92 Å². The Hall–Kier alpha value is -1.70. The third-order valence-corrected chi connectivity index (χ3v) is 1.27. The van der Waals surface area contributed by atoms with E-state index in [9.17, 15) is 9.59 Å². The van der Waals surface area contributed by atoms with Gasteiger partial charge in [0.15, 0.2) is 0 Å². The van der Waals surface area contributed by atoms with Gasteiger partial charge in [-0.1, -0.05) is 0 Å². The Morgan fingerprint density at radius 2 is 2.23 bits per heavy atom. The van der Waals surface area contributed by atoms with Crippen LogP contribution in [0, 0.1) is 12.3 Å². The molecule has 0 aliphatic carbocycles. The van der Waals surface area contributed by atoms with Crippen LogP contribution in [0.1, 0.15) is 13.3 Å². The van der Waals surface area contributed by atoms with E-state index in [0.29, 0.717) is 13.0 Å². The third kappa shape index (κ3) is 5.56. The van der Waals surface area contributed by atoms with E-state index in [1.165, 1.54) is 6.92 Å². The standard InChI is InChI=1S/C8H12N2O3/c1-3-4-5-9-8(13)10-6(2)7(11)12/h1,6H,4-5H2,2H3,(H,11,12)(H2,9,10,13)/t6-/m1/s1. The molecule has 0 spiro atoms. The Morgan fingerprint density at radius 3 is 2.69 bits per heavy atom. The van der Waals surface area contributed by atoms with Crippen molar-refractivity contribution in [2.45, 2.75) is 19.4 Å². The highest BCUT2D eigenvalue weighted by molar-refractivity contribution is 5.82. The zero-order chi connectivity index (χ0) is 10.3. The van der Waals surface area contributed by atoms with Crippen molar-refractivity contribution in [3.63, 3.8) is 0 Å². The molecule has 0 aromatic heterocycles. The molecule has 0 heterocycles. The first-order valence-corrected chi connectivity index (χ1v) is 3.78. The van der Waals surface area contributed by atoms with Crippen LogP contribution in [0.5, 0.6) is 0 Å². The van der Waals surface area contributed by atoms with Crippen LogP contribution in [0.25, 0.3) is 0 Å². The molecule has 0 saturated heterocycles. The minimum absolute atomic E-state index is 0.342. The maximum absolute atomic E-state index is 10.9. The van der Waals surface area contributed by atoms with Crippen molar-refractivity contribution in [2.75, 3.05) is 6.54 Å². The van der Waals surface area contributed by atoms with Gasteiger partial charge >= 0.3 is 12.0 Å². The van der Waals surface area contributed by atoms with E-state index in [4.69, 9.17) is 11.5 Å². The van der Waals surface area contributed by atoms with E-state index in [1.807, 2.05) is 0 Å². The Kier molecular flexibility index (Phi) is 5.12. The lowest BCUT2D eigenvalue weighted by Crippen LogP contribution is -2.44. The molecule has 0 unspecified atom stereocenters. The second-order valence-corrected chi connectivity index (χ2v) is 2.41. The van der Waals surface area contributed by atoms with Gasteiger partial charge in [-0.3, -0.25) is 4.79 Å². The van der Waals surface area contributed by atoms with Crippen LogP contribution in [0.4, 0.5) is 4.79 Å². The lowest BCUT2D eigenvalue weighted by atomic mass is 10.3. The fourth-order valence-corrected chi connectivity index (χ4v) is 0.558. The van der Waals surface area contributed by atoms with Crippen LogP contribution in [-0.2, 0) is 4.79 Å². The number of carboxylic acid groups (broad SMARTS) is 1. The molecule has 0 radical (unpaired) electrons. The Balaban J connectivity index is 3.63. The summed E-state index contributed by atoms with van der Waals surface area (Å²) in [6, 6.07) is -1.42. The van der Waals surface area contributed by atoms with E-state index in [0.717, 1.165) is 0 Å². The highest BCUT2D eigenvalue weighted by Crippen LogP contribution is 1.80. The summed E-state index contributed by atoms with van der Waals surface area (Å²) in [6.45, 7) is 1.72. The molecule has 0 aliphatic rings. The van der Waals surface area contributed by atoms with Crippen molar-refractivity contribution in [3.05, 3.63) is 0 Å². The van der Waals surface area contributed by atoms with Gasteiger partial charge in [0, 0.05) is 13.0 Å². The molecule has 1 atom stereocenters. The number of terminal acetylenes is 1. The fraction of sp³-hybridized carbons (Fsp3) is 0.500. The fourth-order valence-electron chi connectivity index (χ4n) is 0.558. The molecule has 0 aromatic carbocycles. The molecule has 0 rings (SSSR count). The maximum Gasteiger partial charge on any atom is 0.325 e. The SMILES string of the molecule is C#CCCNC(=O)N[C@H](C)C(=O)O. The van der Waals surface area contributed by atoms with Crippen LogP contribution in [0.2, 0.25) is 0 Å². The number of carbonyl (C=O) groups is 2. The number of amides is 2. The molecule has 13 heavy (non-hydrogen) atoms. The summed E-state index contributed by atoms with van der Waals surface area (Å²) in [4.78, 5) is 21.2. The molecule has 2 amide bonds. The number of hydrogen-bond donors (Lipinski definition) is 3. The first-order valence-electron chi connectivity index (χ1n) is 3.78. The molecule has 0 bridgehead atoms. The molecule has 0 fully saturated rings. The Morgan fingerprint density at radius 1 is 1.62 bits per heavy atom. The van der Waals surface area contributed by atoms with Crippen LogP contribution in [0.3, 0.4) is 0 Å². The smallest absolute Gasteiger partial charge is 0.325 e. The van der Waals surface area contributed by atoms with Crippen LogP contribution in [-0.4, -0.2) is 29.7 Å². The third-order valence-electron chi connectivity index (χ3n) is 1.27. The summed E-state index contributed by atoms with van der Waals surface area (Å²) in [5.74, 6) is 1.26. The highest BCUT2D eigenvalue weighted by atomic mass is 16.4. The largest absolute Gasteiger partial charge is 0.480 e. The molecular formula is C8H12N2O3. The molecule has 0 aliphatic heterocycles. The number of aliphatic carboxylic acids is 1. The Bertz CT molecular complexity index is 232. The van der Waals surface area contributed by atoms with E-state index >= 15 is 0 Å². The first kappa shape index (κ1) is 11.3. The number of urea groups is 1. The second kappa shape index (κ2) is 5.89. The van der Waals surface area contributed by atoms with Gasteiger partial charge in [0.2, 0.25) is 0 Å². The maximum atomic E-state index is 10.9. The number of rotatable bonds is 4. The lowest BCUT2D eigenvalue weighted by Gasteiger charge is -2.09. The van der Waals surface area contributed by atoms with E-state index in [1.54, 1.807) is 0 Å². The molecular weight excluding hydrogens is 172 g/mol. The van der Waals surface area contributed by atoms with Crippen molar-refractivity contribution in [2.24, 2.45) is 0 Å². The van der Waals surface area contributed by atoms with Crippen molar-refractivity contribution in [1.29, 1.82) is 0 Å². The van der Waals surface area contributed by atoms with Crippen molar-refractivity contribution < 1.29 is 14.7 Å². The quantitative estimate of drug-likeness (QED) is 0.417. The molecule has 5 heteroatoms. The minimum Gasteiger partial charge on any atom is -0.480 e. The second-order valence-electron chi connectivity index (χ2n) is 2.41. The Labute approximate surface area is 76.5 Å². The van der Waals surface area contributed by atoms with E-state index in [-0.39, 0.29) is 0 Å². The van der Waals surface area contributed by atoms with Gasteiger partial charge < -0.3 is 15.7 Å². The zero-order valence-corrected chi connectivity index (χ0v) is 7.33. The van der Waals surface area contributed by atoms with E-state index < -0.39 is 18.0 Å². The summed E-state index contributed by atoms with van der Waals surface area (Å²) in [6.07, 6.45) is 5.37. The van der Waals surface area contributed by atoms with Gasteiger partial charge in [-0.15, -0.1) is 12.3 Å². The average molecular weight is 184 g/mol. The van der Waals surface area contributed by atoms with Gasteiger partial charge in [0.25, 0.3) is 0 Å². The number of carbonyl (C=O) groups excluding carboxylic acids is 1. The molecule has 3 N–H and O–H groups in total. The summed E-state index contributed by atoms with van der Waals surface area (Å²) >= 11 is 0. The van der Waals surface area contributed by atoms with Crippen LogP contribution >= 0.6 is 0 Å². The topological polar surface area (TPSA) is 78.4 Å². The normalized spacial score (nSPS) is 11.1. The van der Waals surface area contributed by atoms with Gasteiger partial charge in [-0.2, -0.15) is 0 Å². The van der Waals surface area contributed by atoms with Gasteiger partial charge in [-0.25, -0.2) is 4.79 Å². The van der Waals surface area contributed by atoms with Crippen LogP contribution < -0.4 is 10.6 Å². The van der Waals surface area contributed by atoms with Crippen molar-refractivity contribution >= 4 is 12.0 Å². The summed E-state index contributed by atoms with van der Waals surface area (Å²) in [7, 11) is 0. The number of hydrogen-bond acceptors (Lipinski definition) is 2. The number of carboxylic acids is 1. The first-order chi connectivity index (χ1) is 6.07. The molecule has 5 nitrogen and oxygen atoms in total. The molecule has 72 valence electrons. The lowest BCUT2D eigenvalue weighted by molar-refractivity contribution is -0.138. The van der Waals surface area contributed by atoms with Gasteiger partial charge in [0.05, 0.1) is 0 Å². The minimum atomic E-state index is -1.08. The average Bonchev–Trinajstić information content (AvgIpc) is 2.04. The van der Waals surface area contributed by atoms with Crippen molar-refractivity contribution in [1.82, 2.24) is 10.6 Å². The predicted octanol–water partition coefficient (Wildman–Crippen LogP) is -0.218. The zero-order valence-electron chi connectivity index (χ0n) is 7.33. The predicted molar refractivity (Wildman–Crippen MR) is 47.1 cm³/mol. The summed E-state index contributed by atoms with van der Waals surface area (Å²) in [5.41, 5.74) is 0. The summed E-state index contributed by atoms with van der Waals surface area (Å²) < 4.78 is 0. The summed E-state index contributed by atoms with van der Waals surface area (Å²) in [5, 5.41) is 13.1. The highest BCUT2D eigenvalue weighted by Gasteiger charge is 2.12. The van der Waals surface area contributed by atoms with Crippen molar-refractivity contribution in [3.8, 4) is 12.3 Å². The molecule has 0 saturated carbocycles. The van der Waals surface area contributed by atoms with Gasteiger partial charge in [0.1, 0.15) is 6.04 Å². The molecule has 0 aromatic rings. The van der Waals surface area contributed by atoms with E-state index in [2.05, 4.69) is 16.6 Å².